The molecule has 2 rings (SSSR count). The number of likely N-dealkylation sites (tertiary alicyclic amines) is 1. The normalized spacial score (nSPS) is 18.1. The first kappa shape index (κ1) is 17.0. The monoisotopic (exact) mass is 325 g/mol. The number of aromatic nitrogens is 1. The summed E-state index contributed by atoms with van der Waals surface area (Å²) in [5, 5.41) is 0.607. The standard InChI is InChI=1S/C16H24ClN3O2/c1-16(2,3)22-15(21)20-8-6-11(7-9-20)14(18)13-5-4-12(17)10-19-13/h4-5,10-11,14H,6-9,18H2,1-3H3/t14-/m0/s1. The van der Waals surface area contributed by atoms with Crippen LogP contribution >= 0.6 is 11.6 Å². The molecule has 1 aliphatic rings. The average molecular weight is 326 g/mol. The van der Waals surface area contributed by atoms with E-state index in [2.05, 4.69) is 4.98 Å². The smallest absolute Gasteiger partial charge is 0.410 e. The summed E-state index contributed by atoms with van der Waals surface area (Å²) in [5.74, 6) is 0.312. The van der Waals surface area contributed by atoms with Gasteiger partial charge in [-0.1, -0.05) is 11.6 Å². The summed E-state index contributed by atoms with van der Waals surface area (Å²) in [6.45, 7) is 6.96. The number of carbonyl (C=O) groups excluding carboxylic acids is 1. The summed E-state index contributed by atoms with van der Waals surface area (Å²) >= 11 is 5.85. The maximum absolute atomic E-state index is 12.0. The molecule has 1 fully saturated rings. The van der Waals surface area contributed by atoms with Crippen LogP contribution in [-0.2, 0) is 4.74 Å². The van der Waals surface area contributed by atoms with Gasteiger partial charge < -0.3 is 15.4 Å². The van der Waals surface area contributed by atoms with Crippen LogP contribution in [0, 0.1) is 5.92 Å². The number of hydrogen-bond acceptors (Lipinski definition) is 4. The van der Waals surface area contributed by atoms with Crippen LogP contribution in [0.15, 0.2) is 18.3 Å². The largest absolute Gasteiger partial charge is 0.444 e. The minimum absolute atomic E-state index is 0.127. The number of amides is 1. The maximum atomic E-state index is 12.0. The molecule has 6 heteroatoms. The van der Waals surface area contributed by atoms with E-state index in [0.717, 1.165) is 18.5 Å². The molecule has 1 saturated heterocycles. The first-order chi connectivity index (χ1) is 10.3. The molecule has 0 radical (unpaired) electrons. The van der Waals surface area contributed by atoms with Crippen LogP contribution in [0.5, 0.6) is 0 Å². The highest BCUT2D eigenvalue weighted by Gasteiger charge is 2.30. The highest BCUT2D eigenvalue weighted by molar-refractivity contribution is 6.30. The lowest BCUT2D eigenvalue weighted by Gasteiger charge is -2.35. The number of nitrogens with zero attached hydrogens (tertiary/aromatic N) is 2. The van der Waals surface area contributed by atoms with Gasteiger partial charge in [0.15, 0.2) is 0 Å². The van der Waals surface area contributed by atoms with Crippen LogP contribution in [0.2, 0.25) is 5.02 Å². The summed E-state index contributed by atoms with van der Waals surface area (Å²) < 4.78 is 5.40. The van der Waals surface area contributed by atoms with Gasteiger partial charge in [-0.25, -0.2) is 4.79 Å². The zero-order valence-corrected chi connectivity index (χ0v) is 14.1. The number of piperidine rings is 1. The van der Waals surface area contributed by atoms with Crippen molar-refractivity contribution in [2.45, 2.75) is 45.3 Å². The van der Waals surface area contributed by atoms with E-state index >= 15 is 0 Å². The van der Waals surface area contributed by atoms with E-state index in [1.165, 1.54) is 0 Å². The molecule has 1 aromatic rings. The van der Waals surface area contributed by atoms with Crippen LogP contribution in [-0.4, -0.2) is 34.7 Å². The number of ether oxygens (including phenoxy) is 1. The molecule has 22 heavy (non-hydrogen) atoms. The molecule has 0 aromatic carbocycles. The minimum Gasteiger partial charge on any atom is -0.444 e. The van der Waals surface area contributed by atoms with E-state index in [-0.39, 0.29) is 12.1 Å². The van der Waals surface area contributed by atoms with Crippen LogP contribution < -0.4 is 5.73 Å². The first-order valence-corrected chi connectivity index (χ1v) is 7.99. The summed E-state index contributed by atoms with van der Waals surface area (Å²) in [5.41, 5.74) is 6.69. The Morgan fingerprint density at radius 1 is 1.41 bits per heavy atom. The average Bonchev–Trinajstić information content (AvgIpc) is 2.46. The van der Waals surface area contributed by atoms with Gasteiger partial charge in [0.25, 0.3) is 0 Å². The molecule has 0 bridgehead atoms. The third-order valence-corrected chi connectivity index (χ3v) is 4.01. The third kappa shape index (κ3) is 4.58. The van der Waals surface area contributed by atoms with Crippen molar-refractivity contribution >= 4 is 17.7 Å². The van der Waals surface area contributed by atoms with Crippen LogP contribution in [0.25, 0.3) is 0 Å². The molecule has 2 N–H and O–H groups in total. The van der Waals surface area contributed by atoms with E-state index in [4.69, 9.17) is 22.1 Å². The van der Waals surface area contributed by atoms with Gasteiger partial charge in [0.05, 0.1) is 10.7 Å². The van der Waals surface area contributed by atoms with Crippen LogP contribution in [0.4, 0.5) is 4.79 Å². The first-order valence-electron chi connectivity index (χ1n) is 7.61. The number of halogens is 1. The quantitative estimate of drug-likeness (QED) is 0.905. The Balaban J connectivity index is 1.89. The summed E-state index contributed by atoms with van der Waals surface area (Å²) in [6, 6.07) is 3.55. The van der Waals surface area contributed by atoms with Gasteiger partial charge in [-0.3, -0.25) is 4.98 Å². The fourth-order valence-corrected chi connectivity index (χ4v) is 2.71. The van der Waals surface area contributed by atoms with Crippen molar-refractivity contribution in [1.29, 1.82) is 0 Å². The minimum atomic E-state index is -0.461. The molecule has 1 atom stereocenters. The summed E-state index contributed by atoms with van der Waals surface area (Å²) in [4.78, 5) is 18.1. The summed E-state index contributed by atoms with van der Waals surface area (Å²) in [6.07, 6.45) is 3.08. The molecule has 0 unspecified atom stereocenters. The second-order valence-electron chi connectivity index (χ2n) is 6.73. The lowest BCUT2D eigenvalue weighted by molar-refractivity contribution is 0.0174. The van der Waals surface area contributed by atoms with Gasteiger partial charge in [0, 0.05) is 25.3 Å². The fraction of sp³-hybridized carbons (Fsp3) is 0.625. The Hall–Kier alpha value is -1.33. The van der Waals surface area contributed by atoms with Gasteiger partial charge in [0.1, 0.15) is 5.60 Å². The predicted molar refractivity (Wildman–Crippen MR) is 86.7 cm³/mol. The van der Waals surface area contributed by atoms with Gasteiger partial charge in [-0.15, -0.1) is 0 Å². The zero-order valence-electron chi connectivity index (χ0n) is 13.4. The maximum Gasteiger partial charge on any atom is 0.410 e. The molecule has 1 aromatic heterocycles. The molecule has 2 heterocycles. The fourth-order valence-electron chi connectivity index (χ4n) is 2.59. The second kappa shape index (κ2) is 6.84. The van der Waals surface area contributed by atoms with E-state index in [1.807, 2.05) is 26.8 Å². The van der Waals surface area contributed by atoms with Gasteiger partial charge in [-0.05, 0) is 51.7 Å². The van der Waals surface area contributed by atoms with Crippen LogP contribution in [0.3, 0.4) is 0 Å². The van der Waals surface area contributed by atoms with Gasteiger partial charge in [-0.2, -0.15) is 0 Å². The predicted octanol–water partition coefficient (Wildman–Crippen LogP) is 3.38. The summed E-state index contributed by atoms with van der Waals surface area (Å²) in [7, 11) is 0. The Labute approximate surface area is 136 Å². The van der Waals surface area contributed by atoms with Crippen LogP contribution in [0.1, 0.15) is 45.3 Å². The molecule has 0 aliphatic carbocycles. The molecular formula is C16H24ClN3O2. The molecule has 0 spiro atoms. The van der Waals surface area contributed by atoms with Crippen molar-refractivity contribution in [2.75, 3.05) is 13.1 Å². The Kier molecular flexibility index (Phi) is 5.29. The molecular weight excluding hydrogens is 302 g/mol. The van der Waals surface area contributed by atoms with Gasteiger partial charge in [0.2, 0.25) is 0 Å². The zero-order chi connectivity index (χ0) is 16.3. The Morgan fingerprint density at radius 2 is 2.05 bits per heavy atom. The number of rotatable bonds is 2. The topological polar surface area (TPSA) is 68.5 Å². The highest BCUT2D eigenvalue weighted by atomic mass is 35.5. The van der Waals surface area contributed by atoms with Crippen molar-refractivity contribution in [2.24, 2.45) is 11.7 Å². The lowest BCUT2D eigenvalue weighted by atomic mass is 9.88. The molecule has 0 saturated carbocycles. The number of nitrogens with two attached hydrogens (primary N) is 1. The van der Waals surface area contributed by atoms with E-state index < -0.39 is 5.60 Å². The van der Waals surface area contributed by atoms with Crippen molar-refractivity contribution in [3.63, 3.8) is 0 Å². The van der Waals surface area contributed by atoms with E-state index in [9.17, 15) is 4.79 Å². The van der Waals surface area contributed by atoms with Crippen molar-refractivity contribution in [3.8, 4) is 0 Å². The lowest BCUT2D eigenvalue weighted by Crippen LogP contribution is -2.43. The van der Waals surface area contributed by atoms with Crippen molar-refractivity contribution in [1.82, 2.24) is 9.88 Å². The van der Waals surface area contributed by atoms with E-state index in [0.29, 0.717) is 24.0 Å². The molecule has 1 aliphatic heterocycles. The molecule has 5 nitrogen and oxygen atoms in total. The Bertz CT molecular complexity index is 505. The molecule has 122 valence electrons. The number of carbonyl (C=O) groups is 1. The van der Waals surface area contributed by atoms with Crippen molar-refractivity contribution < 1.29 is 9.53 Å². The highest BCUT2D eigenvalue weighted by Crippen LogP contribution is 2.29. The number of hydrogen-bond donors (Lipinski definition) is 1. The molecule has 1 amide bonds. The SMILES string of the molecule is CC(C)(C)OC(=O)N1CCC([C@H](N)c2ccc(Cl)cn2)CC1. The van der Waals surface area contributed by atoms with E-state index in [1.54, 1.807) is 17.2 Å². The third-order valence-electron chi connectivity index (χ3n) is 3.79. The van der Waals surface area contributed by atoms with Crippen molar-refractivity contribution in [3.05, 3.63) is 29.0 Å². The van der Waals surface area contributed by atoms with Gasteiger partial charge >= 0.3 is 6.09 Å². The number of pyridine rings is 1. The Morgan fingerprint density at radius 3 is 2.55 bits per heavy atom. The second-order valence-corrected chi connectivity index (χ2v) is 7.17.